The minimum Gasteiger partial charge on any atom is -0.492 e. The SMILES string of the molecule is CNCCCC(=O)NCCOc1ccc(C(F)(F)F)cc1. The van der Waals surface area contributed by atoms with Gasteiger partial charge in [0.15, 0.2) is 0 Å². The highest BCUT2D eigenvalue weighted by atomic mass is 19.4. The van der Waals surface area contributed by atoms with Crippen LogP contribution in [-0.4, -0.2) is 32.7 Å². The molecule has 0 spiro atoms. The molecule has 21 heavy (non-hydrogen) atoms. The molecule has 7 heteroatoms. The molecule has 1 amide bonds. The molecule has 0 unspecified atom stereocenters. The number of carbonyl (C=O) groups is 1. The average molecular weight is 304 g/mol. The Morgan fingerprint density at radius 1 is 1.19 bits per heavy atom. The molecule has 0 heterocycles. The number of hydrogen-bond donors (Lipinski definition) is 2. The van der Waals surface area contributed by atoms with Gasteiger partial charge in [-0.2, -0.15) is 13.2 Å². The summed E-state index contributed by atoms with van der Waals surface area (Å²) in [7, 11) is 1.82. The first-order chi connectivity index (χ1) is 9.93. The summed E-state index contributed by atoms with van der Waals surface area (Å²) in [6, 6.07) is 4.45. The molecule has 0 aliphatic carbocycles. The zero-order chi connectivity index (χ0) is 15.7. The summed E-state index contributed by atoms with van der Waals surface area (Å²) < 4.78 is 42.3. The van der Waals surface area contributed by atoms with Crippen molar-refractivity contribution >= 4 is 5.91 Å². The maximum Gasteiger partial charge on any atom is 0.416 e. The van der Waals surface area contributed by atoms with Crippen LogP contribution in [-0.2, 0) is 11.0 Å². The Hall–Kier alpha value is -1.76. The van der Waals surface area contributed by atoms with Gasteiger partial charge >= 0.3 is 6.18 Å². The first kappa shape index (κ1) is 17.3. The molecule has 1 rings (SSSR count). The second-order valence-corrected chi connectivity index (χ2v) is 4.43. The molecule has 0 aliphatic rings. The summed E-state index contributed by atoms with van der Waals surface area (Å²) in [6.45, 7) is 1.30. The van der Waals surface area contributed by atoms with Gasteiger partial charge in [-0.15, -0.1) is 0 Å². The van der Waals surface area contributed by atoms with Crippen LogP contribution < -0.4 is 15.4 Å². The highest BCUT2D eigenvalue weighted by Crippen LogP contribution is 2.30. The number of ether oxygens (including phenoxy) is 1. The van der Waals surface area contributed by atoms with Gasteiger partial charge in [-0.25, -0.2) is 0 Å². The van der Waals surface area contributed by atoms with E-state index in [9.17, 15) is 18.0 Å². The van der Waals surface area contributed by atoms with Gasteiger partial charge in [-0.05, 0) is 44.3 Å². The smallest absolute Gasteiger partial charge is 0.416 e. The zero-order valence-electron chi connectivity index (χ0n) is 11.8. The highest BCUT2D eigenvalue weighted by molar-refractivity contribution is 5.75. The topological polar surface area (TPSA) is 50.4 Å². The molecule has 1 aromatic rings. The van der Waals surface area contributed by atoms with Crippen molar-refractivity contribution in [3.8, 4) is 5.75 Å². The summed E-state index contributed by atoms with van der Waals surface area (Å²) in [5.74, 6) is 0.272. The van der Waals surface area contributed by atoms with E-state index in [0.717, 1.165) is 25.1 Å². The Kier molecular flexibility index (Phi) is 7.01. The van der Waals surface area contributed by atoms with Crippen LogP contribution >= 0.6 is 0 Å². The van der Waals surface area contributed by atoms with Gasteiger partial charge in [0.05, 0.1) is 12.1 Å². The summed E-state index contributed by atoms with van der Waals surface area (Å²) in [5, 5.41) is 5.62. The van der Waals surface area contributed by atoms with E-state index >= 15 is 0 Å². The number of rotatable bonds is 8. The van der Waals surface area contributed by atoms with Crippen molar-refractivity contribution in [2.45, 2.75) is 19.0 Å². The van der Waals surface area contributed by atoms with Crippen molar-refractivity contribution in [1.82, 2.24) is 10.6 Å². The minimum absolute atomic E-state index is 0.0683. The van der Waals surface area contributed by atoms with E-state index in [1.165, 1.54) is 12.1 Å². The van der Waals surface area contributed by atoms with Gasteiger partial charge in [0.1, 0.15) is 12.4 Å². The normalized spacial score (nSPS) is 11.2. The van der Waals surface area contributed by atoms with Crippen molar-refractivity contribution in [3.05, 3.63) is 29.8 Å². The van der Waals surface area contributed by atoms with Gasteiger partial charge < -0.3 is 15.4 Å². The summed E-state index contributed by atoms with van der Waals surface area (Å²) in [6.07, 6.45) is -3.16. The van der Waals surface area contributed by atoms with Gasteiger partial charge in [-0.3, -0.25) is 4.79 Å². The number of hydrogen-bond acceptors (Lipinski definition) is 3. The lowest BCUT2D eigenvalue weighted by molar-refractivity contribution is -0.137. The van der Waals surface area contributed by atoms with Crippen molar-refractivity contribution < 1.29 is 22.7 Å². The van der Waals surface area contributed by atoms with E-state index in [4.69, 9.17) is 4.74 Å². The fraction of sp³-hybridized carbons (Fsp3) is 0.500. The van der Waals surface area contributed by atoms with Crippen molar-refractivity contribution in [2.75, 3.05) is 26.7 Å². The lowest BCUT2D eigenvalue weighted by Gasteiger charge is -2.10. The van der Waals surface area contributed by atoms with E-state index < -0.39 is 11.7 Å². The van der Waals surface area contributed by atoms with Crippen LogP contribution in [0.25, 0.3) is 0 Å². The molecule has 118 valence electrons. The predicted octanol–water partition coefficient (Wildman–Crippen LogP) is 2.20. The Labute approximate surface area is 121 Å². The summed E-state index contributed by atoms with van der Waals surface area (Å²) in [5.41, 5.74) is -0.715. The average Bonchev–Trinajstić information content (AvgIpc) is 2.43. The lowest BCUT2D eigenvalue weighted by atomic mass is 10.2. The second kappa shape index (κ2) is 8.51. The molecular weight excluding hydrogens is 285 g/mol. The first-order valence-corrected chi connectivity index (χ1v) is 6.65. The Balaban J connectivity index is 2.22. The molecule has 0 radical (unpaired) electrons. The van der Waals surface area contributed by atoms with Gasteiger partial charge in [0.25, 0.3) is 0 Å². The Morgan fingerprint density at radius 3 is 2.43 bits per heavy atom. The van der Waals surface area contributed by atoms with Crippen molar-refractivity contribution in [2.24, 2.45) is 0 Å². The number of halogens is 3. The second-order valence-electron chi connectivity index (χ2n) is 4.43. The third-order valence-corrected chi connectivity index (χ3v) is 2.71. The number of benzene rings is 1. The quantitative estimate of drug-likeness (QED) is 0.724. The molecule has 0 bridgehead atoms. The standard InChI is InChI=1S/C14H19F3N2O2/c1-18-8-2-3-13(20)19-9-10-21-12-6-4-11(5-7-12)14(15,16)17/h4-7,18H,2-3,8-10H2,1H3,(H,19,20). The number of nitrogens with one attached hydrogen (secondary N) is 2. The first-order valence-electron chi connectivity index (χ1n) is 6.65. The monoisotopic (exact) mass is 304 g/mol. The maximum atomic E-state index is 12.3. The van der Waals surface area contributed by atoms with Gasteiger partial charge in [0, 0.05) is 6.42 Å². The molecule has 0 aliphatic heterocycles. The molecule has 0 atom stereocenters. The van der Waals surface area contributed by atoms with Gasteiger partial charge in [0.2, 0.25) is 5.91 Å². The fourth-order valence-electron chi connectivity index (χ4n) is 1.61. The highest BCUT2D eigenvalue weighted by Gasteiger charge is 2.29. The van der Waals surface area contributed by atoms with Crippen LogP contribution in [0.3, 0.4) is 0 Å². The van der Waals surface area contributed by atoms with E-state index in [-0.39, 0.29) is 12.5 Å². The van der Waals surface area contributed by atoms with Crippen LogP contribution in [0, 0.1) is 0 Å². The van der Waals surface area contributed by atoms with E-state index in [2.05, 4.69) is 10.6 Å². The minimum atomic E-state index is -4.35. The molecule has 0 fully saturated rings. The van der Waals surface area contributed by atoms with Crippen molar-refractivity contribution in [1.29, 1.82) is 0 Å². The molecular formula is C14H19F3N2O2. The van der Waals surface area contributed by atoms with E-state index in [1.54, 1.807) is 0 Å². The van der Waals surface area contributed by atoms with Crippen molar-refractivity contribution in [3.63, 3.8) is 0 Å². The van der Waals surface area contributed by atoms with Crippen LogP contribution in [0.4, 0.5) is 13.2 Å². The van der Waals surface area contributed by atoms with Crippen LogP contribution in [0.15, 0.2) is 24.3 Å². The molecule has 2 N–H and O–H groups in total. The molecule has 0 saturated heterocycles. The van der Waals surface area contributed by atoms with E-state index in [0.29, 0.717) is 18.7 Å². The van der Waals surface area contributed by atoms with E-state index in [1.807, 2.05) is 7.05 Å². The largest absolute Gasteiger partial charge is 0.492 e. The third-order valence-electron chi connectivity index (χ3n) is 2.71. The Morgan fingerprint density at radius 2 is 1.86 bits per heavy atom. The van der Waals surface area contributed by atoms with Crippen LogP contribution in [0.2, 0.25) is 0 Å². The summed E-state index contributed by atoms with van der Waals surface area (Å²) >= 11 is 0. The predicted molar refractivity (Wildman–Crippen MR) is 73.1 cm³/mol. The molecule has 4 nitrogen and oxygen atoms in total. The number of amides is 1. The number of alkyl halides is 3. The zero-order valence-corrected chi connectivity index (χ0v) is 11.8. The number of carbonyl (C=O) groups excluding carboxylic acids is 1. The van der Waals surface area contributed by atoms with Crippen LogP contribution in [0.1, 0.15) is 18.4 Å². The van der Waals surface area contributed by atoms with Crippen LogP contribution in [0.5, 0.6) is 5.75 Å². The Bertz CT molecular complexity index is 433. The maximum absolute atomic E-state index is 12.3. The molecule has 0 saturated carbocycles. The summed E-state index contributed by atoms with van der Waals surface area (Å²) in [4.78, 5) is 11.4. The molecule has 0 aromatic heterocycles. The lowest BCUT2D eigenvalue weighted by Crippen LogP contribution is -2.28. The molecule has 1 aromatic carbocycles. The fourth-order valence-corrected chi connectivity index (χ4v) is 1.61. The third kappa shape index (κ3) is 6.99. The van der Waals surface area contributed by atoms with Gasteiger partial charge in [-0.1, -0.05) is 0 Å².